The van der Waals surface area contributed by atoms with Gasteiger partial charge >= 0.3 is 0 Å². The Morgan fingerprint density at radius 1 is 1.12 bits per heavy atom. The summed E-state index contributed by atoms with van der Waals surface area (Å²) in [5, 5.41) is 3.43. The molecule has 1 saturated heterocycles. The number of benzene rings is 2. The van der Waals surface area contributed by atoms with Crippen LogP contribution in [-0.2, 0) is 0 Å². The number of carbonyl (C=O) groups excluding carboxylic acids is 2. The average molecular weight is 571 g/mol. The van der Waals surface area contributed by atoms with Crippen molar-refractivity contribution in [2.24, 2.45) is 0 Å². The van der Waals surface area contributed by atoms with E-state index < -0.39 is 0 Å². The van der Waals surface area contributed by atoms with Crippen LogP contribution < -0.4 is 9.62 Å². The summed E-state index contributed by atoms with van der Waals surface area (Å²) in [6.45, 7) is 1.27. The number of hydrogen-bond acceptors (Lipinski definition) is 5. The van der Waals surface area contributed by atoms with Crippen LogP contribution in [0.4, 0.5) is 10.1 Å². The second kappa shape index (κ2) is 11.0. The van der Waals surface area contributed by atoms with E-state index in [0.29, 0.717) is 46.5 Å². The summed E-state index contributed by atoms with van der Waals surface area (Å²) >= 11 is 1.58. The number of nitrogens with zero attached hydrogens (tertiary/aromatic N) is 3. The molecule has 2 amide bonds. The molecule has 0 aliphatic carbocycles. The van der Waals surface area contributed by atoms with Crippen molar-refractivity contribution < 1.29 is 18.4 Å². The second-order valence-corrected chi connectivity index (χ2v) is 11.2. The van der Waals surface area contributed by atoms with Crippen molar-refractivity contribution in [3.05, 3.63) is 95.6 Å². The van der Waals surface area contributed by atoms with E-state index in [0.717, 1.165) is 29.6 Å². The number of fused-ring (bicyclic) bond motifs is 2. The van der Waals surface area contributed by atoms with Crippen LogP contribution in [0.2, 0.25) is 0 Å². The Hall–Kier alpha value is -4.24. The summed E-state index contributed by atoms with van der Waals surface area (Å²) in [6.07, 6.45) is 7.63. The Morgan fingerprint density at radius 2 is 1.93 bits per heavy atom. The largest absolute Gasteiger partial charge is 0.455 e. The molecule has 4 heterocycles. The number of pyridine rings is 1. The fourth-order valence-electron chi connectivity index (χ4n) is 5.77. The van der Waals surface area contributed by atoms with Crippen LogP contribution in [-0.4, -0.2) is 54.6 Å². The van der Waals surface area contributed by atoms with Gasteiger partial charge in [0.25, 0.3) is 11.8 Å². The minimum absolute atomic E-state index is 0.0206. The highest BCUT2D eigenvalue weighted by Crippen LogP contribution is 2.42. The van der Waals surface area contributed by atoms with Crippen LogP contribution in [0.25, 0.3) is 27.8 Å². The predicted molar refractivity (Wildman–Crippen MR) is 162 cm³/mol. The maximum absolute atomic E-state index is 13.7. The van der Waals surface area contributed by atoms with Gasteiger partial charge in [0.15, 0.2) is 0 Å². The van der Waals surface area contributed by atoms with Gasteiger partial charge in [-0.05, 0) is 66.9 Å². The number of aromatic nitrogens is 1. The van der Waals surface area contributed by atoms with Crippen LogP contribution in [0.3, 0.4) is 0 Å². The van der Waals surface area contributed by atoms with Gasteiger partial charge in [-0.3, -0.25) is 9.59 Å². The lowest BCUT2D eigenvalue weighted by atomic mass is 9.88. The molecule has 5 aromatic rings. The van der Waals surface area contributed by atoms with Crippen molar-refractivity contribution in [2.75, 3.05) is 37.7 Å². The summed E-state index contributed by atoms with van der Waals surface area (Å²) in [5.41, 5.74) is 5.31. The molecule has 3 aromatic heterocycles. The molecule has 41 heavy (non-hydrogen) atoms. The first-order valence-corrected chi connectivity index (χ1v) is 14.8. The SMILES string of the molecule is CNC(=O)c1c(-c2ccc(F)cc2)oc2cc(N(C)SC)c(C3CCCN(C(=O)c4cc5ccccn5c4)C3)cc12. The summed E-state index contributed by atoms with van der Waals surface area (Å²) in [6, 6.07) is 17.8. The Morgan fingerprint density at radius 3 is 2.66 bits per heavy atom. The van der Waals surface area contributed by atoms with E-state index in [-0.39, 0.29) is 23.5 Å². The number of amides is 2. The zero-order valence-corrected chi connectivity index (χ0v) is 24.0. The van der Waals surface area contributed by atoms with E-state index in [4.69, 9.17) is 4.42 Å². The lowest BCUT2D eigenvalue weighted by molar-refractivity contribution is 0.0707. The maximum atomic E-state index is 13.7. The van der Waals surface area contributed by atoms with Gasteiger partial charge in [0, 0.05) is 74.3 Å². The van der Waals surface area contributed by atoms with E-state index in [1.54, 1.807) is 31.1 Å². The van der Waals surface area contributed by atoms with Crippen LogP contribution in [0.15, 0.2) is 77.5 Å². The summed E-state index contributed by atoms with van der Waals surface area (Å²) in [5.74, 6) is -0.147. The quantitative estimate of drug-likeness (QED) is 0.234. The molecule has 9 heteroatoms. The maximum Gasteiger partial charge on any atom is 0.255 e. The highest BCUT2D eigenvalue weighted by Gasteiger charge is 2.30. The van der Waals surface area contributed by atoms with Gasteiger partial charge in [-0.25, -0.2) is 4.39 Å². The number of rotatable bonds is 6. The fraction of sp³-hybridized carbons (Fsp3) is 0.250. The third-order valence-corrected chi connectivity index (χ3v) is 8.66. The van der Waals surface area contributed by atoms with Gasteiger partial charge in [-0.15, -0.1) is 0 Å². The second-order valence-electron chi connectivity index (χ2n) is 10.3. The van der Waals surface area contributed by atoms with Gasteiger partial charge in [0.2, 0.25) is 0 Å². The average Bonchev–Trinajstić information content (AvgIpc) is 3.61. The number of halogens is 1. The lowest BCUT2D eigenvalue weighted by Gasteiger charge is -2.34. The third kappa shape index (κ3) is 4.95. The normalized spacial score (nSPS) is 15.4. The molecule has 1 unspecified atom stereocenters. The van der Waals surface area contributed by atoms with E-state index in [1.807, 2.05) is 71.4 Å². The highest BCUT2D eigenvalue weighted by atomic mass is 32.2. The zero-order valence-electron chi connectivity index (χ0n) is 23.2. The topological polar surface area (TPSA) is 70.2 Å². The molecule has 1 aliphatic rings. The molecule has 0 saturated carbocycles. The molecule has 0 bridgehead atoms. The molecule has 6 rings (SSSR count). The van der Waals surface area contributed by atoms with Gasteiger partial charge in [-0.2, -0.15) is 0 Å². The fourth-order valence-corrected chi connectivity index (χ4v) is 6.13. The van der Waals surface area contributed by atoms with E-state index in [2.05, 4.69) is 9.62 Å². The molecular formula is C32H31FN4O3S. The number of furan rings is 1. The molecule has 1 fully saturated rings. The zero-order chi connectivity index (χ0) is 28.7. The molecule has 210 valence electrons. The van der Waals surface area contributed by atoms with Gasteiger partial charge < -0.3 is 23.3 Å². The van der Waals surface area contributed by atoms with Crippen molar-refractivity contribution in [1.29, 1.82) is 0 Å². The molecule has 1 aliphatic heterocycles. The van der Waals surface area contributed by atoms with Crippen LogP contribution in [0, 0.1) is 5.82 Å². The standard InChI is InChI=1S/C32H31FN4O3S/c1-34-31(38)29-26-16-25(27(35(2)41-3)17-28(26)40-30(29)20-9-11-23(33)12-10-20)21-7-6-14-37(18-21)32(39)22-15-24-8-4-5-13-36(24)19-22/h4-5,8-13,15-17,19,21H,6-7,14,18H2,1-3H3,(H,34,38). The number of likely N-dealkylation sites (tertiary alicyclic amines) is 1. The van der Waals surface area contributed by atoms with Gasteiger partial charge in [0.05, 0.1) is 16.8 Å². The molecule has 0 spiro atoms. The molecule has 7 nitrogen and oxygen atoms in total. The smallest absolute Gasteiger partial charge is 0.255 e. The monoisotopic (exact) mass is 570 g/mol. The molecule has 1 atom stereocenters. The van der Waals surface area contributed by atoms with E-state index >= 15 is 0 Å². The highest BCUT2D eigenvalue weighted by molar-refractivity contribution is 7.99. The number of nitrogens with one attached hydrogen (secondary N) is 1. The van der Waals surface area contributed by atoms with E-state index in [1.165, 1.54) is 12.1 Å². The number of piperidine rings is 1. The minimum Gasteiger partial charge on any atom is -0.455 e. The van der Waals surface area contributed by atoms with Gasteiger partial charge in [0.1, 0.15) is 17.2 Å². The molecule has 2 aromatic carbocycles. The van der Waals surface area contributed by atoms with Crippen molar-refractivity contribution in [1.82, 2.24) is 14.6 Å². The van der Waals surface area contributed by atoms with E-state index in [9.17, 15) is 14.0 Å². The Bertz CT molecular complexity index is 1730. The van der Waals surface area contributed by atoms with Gasteiger partial charge in [-0.1, -0.05) is 18.0 Å². The van der Waals surface area contributed by atoms with Crippen molar-refractivity contribution >= 4 is 45.9 Å². The molecule has 1 N–H and O–H groups in total. The first-order chi connectivity index (χ1) is 19.9. The lowest BCUT2D eigenvalue weighted by Crippen LogP contribution is -2.39. The first kappa shape index (κ1) is 27.0. The van der Waals surface area contributed by atoms with Crippen molar-refractivity contribution in [2.45, 2.75) is 18.8 Å². The minimum atomic E-state index is -0.359. The summed E-state index contributed by atoms with van der Waals surface area (Å²) in [7, 11) is 3.58. The summed E-state index contributed by atoms with van der Waals surface area (Å²) < 4.78 is 24.0. The Balaban J connectivity index is 1.42. The van der Waals surface area contributed by atoms with Crippen molar-refractivity contribution in [3.8, 4) is 11.3 Å². The Labute approximate surface area is 242 Å². The van der Waals surface area contributed by atoms with Crippen LogP contribution in [0.1, 0.15) is 45.0 Å². The predicted octanol–water partition coefficient (Wildman–Crippen LogP) is 6.59. The third-order valence-electron chi connectivity index (χ3n) is 7.91. The number of hydrogen-bond donors (Lipinski definition) is 1. The molecular weight excluding hydrogens is 539 g/mol. The number of carbonyl (C=O) groups is 2. The van der Waals surface area contributed by atoms with Crippen LogP contribution >= 0.6 is 11.9 Å². The Kier molecular flexibility index (Phi) is 7.21. The first-order valence-electron chi connectivity index (χ1n) is 13.6. The summed E-state index contributed by atoms with van der Waals surface area (Å²) in [4.78, 5) is 28.7. The molecule has 0 radical (unpaired) electrons. The number of anilines is 1. The van der Waals surface area contributed by atoms with Crippen LogP contribution in [0.5, 0.6) is 0 Å². The van der Waals surface area contributed by atoms with Crippen molar-refractivity contribution in [3.63, 3.8) is 0 Å².